The molecule has 0 unspecified atom stereocenters. The van der Waals surface area contributed by atoms with Crippen LogP contribution in [0.4, 0.5) is 58.4 Å². The third-order valence-electron chi connectivity index (χ3n) is 14.2. The molecule has 10 aromatic rings. The van der Waals surface area contributed by atoms with E-state index < -0.39 is 0 Å². The second-order valence-electron chi connectivity index (χ2n) is 20.0. The first-order valence-electron chi connectivity index (χ1n) is 27.7. The van der Waals surface area contributed by atoms with Crippen LogP contribution in [0.2, 0.25) is 10.0 Å². The van der Waals surface area contributed by atoms with Crippen LogP contribution >= 0.6 is 23.2 Å². The molecule has 4 aromatic heterocycles. The normalized spacial score (nSPS) is 12.5. The van der Waals surface area contributed by atoms with Crippen LogP contribution in [0.1, 0.15) is 38.5 Å². The van der Waals surface area contributed by atoms with Crippen LogP contribution in [0.5, 0.6) is 28.7 Å². The van der Waals surface area contributed by atoms with E-state index >= 15 is 0 Å². The number of rotatable bonds is 25. The summed E-state index contributed by atoms with van der Waals surface area (Å²) in [5.74, 6) is 5.74. The average Bonchev–Trinajstić information content (AvgIpc) is 3.69. The molecule has 4 heterocycles. The lowest BCUT2D eigenvalue weighted by atomic mass is 9.96. The molecule has 0 amide bonds. The van der Waals surface area contributed by atoms with Crippen molar-refractivity contribution in [1.29, 1.82) is 0 Å². The van der Waals surface area contributed by atoms with Crippen LogP contribution < -0.4 is 65.8 Å². The van der Waals surface area contributed by atoms with Gasteiger partial charge in [-0.1, -0.05) is 42.5 Å². The van der Waals surface area contributed by atoms with Crippen LogP contribution in [-0.2, 0) is 0 Å². The first-order chi connectivity index (χ1) is 41.1. The van der Waals surface area contributed by atoms with E-state index in [9.17, 15) is 0 Å². The quantitative estimate of drug-likeness (QED) is 0.0160. The molecule has 84 heavy (non-hydrogen) atoms. The highest BCUT2D eigenvalue weighted by atomic mass is 35.5. The first-order valence-corrected chi connectivity index (χ1v) is 28.4. The Morgan fingerprint density at radius 3 is 1.61 bits per heavy atom. The summed E-state index contributed by atoms with van der Waals surface area (Å²) in [5, 5.41) is 29.3. The van der Waals surface area contributed by atoms with E-state index in [-0.39, 0.29) is 6.73 Å². The molecule has 7 N–H and O–H groups in total. The highest BCUT2D eigenvalue weighted by Gasteiger charge is 2.19. The van der Waals surface area contributed by atoms with Gasteiger partial charge in [0.05, 0.1) is 61.9 Å². The number of pyridine rings is 2. The van der Waals surface area contributed by atoms with Gasteiger partial charge in [0.2, 0.25) is 35.7 Å². The maximum atomic E-state index is 6.53. The van der Waals surface area contributed by atoms with Gasteiger partial charge in [0.15, 0.2) is 6.73 Å². The first kappa shape index (κ1) is 56.5. The molecule has 21 nitrogen and oxygen atoms in total. The summed E-state index contributed by atoms with van der Waals surface area (Å²) in [6.45, 7) is 2.22. The van der Waals surface area contributed by atoms with Gasteiger partial charge in [-0.2, -0.15) is 29.9 Å². The lowest BCUT2D eigenvalue weighted by Crippen LogP contribution is -2.26. The van der Waals surface area contributed by atoms with Crippen molar-refractivity contribution in [3.05, 3.63) is 125 Å². The molecule has 0 radical (unpaired) electrons. The third-order valence-corrected chi connectivity index (χ3v) is 14.7. The molecule has 0 aliphatic heterocycles. The van der Waals surface area contributed by atoms with Crippen molar-refractivity contribution >= 4 is 125 Å². The Labute approximate surface area is 495 Å². The molecule has 0 bridgehead atoms. The molecule has 0 atom stereocenters. The van der Waals surface area contributed by atoms with Crippen molar-refractivity contribution in [2.24, 2.45) is 0 Å². The van der Waals surface area contributed by atoms with Crippen molar-refractivity contribution < 1.29 is 23.7 Å². The fraction of sp³-hybridized carbons (Fsp3) is 0.279. The zero-order valence-electron chi connectivity index (χ0n) is 47.1. The SMILES string of the molecule is COc1ccc(Nc2nc(NCCNc3c4ccc(Cl)cc4nc4ccc(OC)cc34)nc(N(C)COc3ccc4nc5cc(Cl)ccc5c(NCCCNc5nc(Nc6cc(OC)cc(OC)c6)nc(NC6CCCCC6)n5)c4c3)n2)cc1. The number of benzene rings is 6. The van der Waals surface area contributed by atoms with Gasteiger partial charge < -0.3 is 65.8 Å². The number of methoxy groups -OCH3 is 4. The molecule has 23 heteroatoms. The van der Waals surface area contributed by atoms with Gasteiger partial charge in [-0.25, -0.2) is 9.97 Å². The monoisotopic (exact) mass is 1170 g/mol. The van der Waals surface area contributed by atoms with E-state index in [1.807, 2.05) is 127 Å². The second kappa shape index (κ2) is 26.3. The van der Waals surface area contributed by atoms with Crippen molar-refractivity contribution in [1.82, 2.24) is 39.9 Å². The van der Waals surface area contributed by atoms with Crippen LogP contribution in [0.3, 0.4) is 0 Å². The van der Waals surface area contributed by atoms with E-state index in [2.05, 4.69) is 37.2 Å². The van der Waals surface area contributed by atoms with Gasteiger partial charge in [-0.15, -0.1) is 0 Å². The summed E-state index contributed by atoms with van der Waals surface area (Å²) < 4.78 is 28.5. The predicted molar refractivity (Wildman–Crippen MR) is 337 cm³/mol. The summed E-state index contributed by atoms with van der Waals surface area (Å²) in [4.78, 5) is 40.4. The largest absolute Gasteiger partial charge is 0.497 e. The van der Waals surface area contributed by atoms with Crippen molar-refractivity contribution in [3.8, 4) is 28.7 Å². The van der Waals surface area contributed by atoms with Gasteiger partial charge in [-0.3, -0.25) is 0 Å². The van der Waals surface area contributed by atoms with E-state index in [1.165, 1.54) is 19.3 Å². The molecule has 1 fully saturated rings. The van der Waals surface area contributed by atoms with Gasteiger partial charge in [0.25, 0.3) is 0 Å². The van der Waals surface area contributed by atoms with Gasteiger partial charge in [0.1, 0.15) is 28.7 Å². The van der Waals surface area contributed by atoms with E-state index in [1.54, 1.807) is 28.4 Å². The standard InChI is InChI=1S/C61H64Cl2N16O5/c1-79(61-77-57(75-60(78-61)69-39-14-16-41(80-2)17-15-39)67-27-26-65-55-47-21-13-37(63)29-53(47)71-50-22-18-42(81-3)33-48(50)55)35-84-43-19-23-51-49(34-43)54(46-20-12-36(62)28-52(46)72-51)64-24-9-25-66-56-73-58(68-38-10-7-6-8-11-38)76-59(74-56)70-40-30-44(82-4)32-45(31-40)83-5/h12-23,28-34,38H,6-11,24-27,35H2,1-5H3,(H,64,72)(H,65,71)(H2,67,69,75,77,78)(H3,66,68,70,73,74,76). The van der Waals surface area contributed by atoms with Crippen molar-refractivity contribution in [2.45, 2.75) is 44.6 Å². The number of anilines is 10. The summed E-state index contributed by atoms with van der Waals surface area (Å²) in [6, 6.07) is 36.4. The molecule has 1 saturated carbocycles. The zero-order chi connectivity index (χ0) is 57.9. The highest BCUT2D eigenvalue weighted by molar-refractivity contribution is 6.32. The number of hydrogen-bond donors (Lipinski definition) is 7. The number of hydrogen-bond acceptors (Lipinski definition) is 21. The van der Waals surface area contributed by atoms with Crippen LogP contribution in [0.25, 0.3) is 43.6 Å². The van der Waals surface area contributed by atoms with E-state index in [0.717, 1.165) is 85.0 Å². The molecule has 0 saturated heterocycles. The molecular weight excluding hydrogens is 1110 g/mol. The third kappa shape index (κ3) is 13.8. The average molecular weight is 1170 g/mol. The maximum absolute atomic E-state index is 6.53. The second-order valence-corrected chi connectivity index (χ2v) is 20.9. The van der Waals surface area contributed by atoms with Crippen LogP contribution in [0.15, 0.2) is 115 Å². The fourth-order valence-corrected chi connectivity index (χ4v) is 10.3. The minimum atomic E-state index is 0.0964. The minimum absolute atomic E-state index is 0.0964. The van der Waals surface area contributed by atoms with Gasteiger partial charge in [0, 0.05) is 100 Å². The number of halogens is 2. The molecule has 1 aliphatic carbocycles. The van der Waals surface area contributed by atoms with E-state index in [0.29, 0.717) is 107 Å². The molecule has 11 rings (SSSR count). The summed E-state index contributed by atoms with van der Waals surface area (Å²) >= 11 is 12.9. The van der Waals surface area contributed by atoms with Gasteiger partial charge >= 0.3 is 0 Å². The number of aromatic nitrogens is 8. The Kier molecular flexibility index (Phi) is 17.7. The van der Waals surface area contributed by atoms with Crippen LogP contribution in [0, 0.1) is 0 Å². The fourth-order valence-electron chi connectivity index (χ4n) is 9.97. The van der Waals surface area contributed by atoms with Gasteiger partial charge in [-0.05, 0) is 116 Å². The number of nitrogens with zero attached hydrogens (tertiary/aromatic N) is 9. The Balaban J connectivity index is 0.786. The Hall–Kier alpha value is -9.34. The molecule has 1 aliphatic rings. The molecule has 432 valence electrons. The topological polar surface area (TPSA) is 237 Å². The van der Waals surface area contributed by atoms with Crippen LogP contribution in [-0.4, -0.2) is 114 Å². The Morgan fingerprint density at radius 1 is 0.440 bits per heavy atom. The predicted octanol–water partition coefficient (Wildman–Crippen LogP) is 12.9. The summed E-state index contributed by atoms with van der Waals surface area (Å²) in [7, 11) is 8.37. The minimum Gasteiger partial charge on any atom is -0.497 e. The number of ether oxygens (including phenoxy) is 5. The number of fused-ring (bicyclic) bond motifs is 4. The smallest absolute Gasteiger partial charge is 0.234 e. The molecule has 0 spiro atoms. The summed E-state index contributed by atoms with van der Waals surface area (Å²) in [5.41, 5.74) is 6.41. The van der Waals surface area contributed by atoms with Crippen molar-refractivity contribution in [3.63, 3.8) is 0 Å². The summed E-state index contributed by atoms with van der Waals surface area (Å²) in [6.07, 6.45) is 6.42. The number of nitrogens with one attached hydrogen (secondary N) is 7. The van der Waals surface area contributed by atoms with E-state index in [4.69, 9.17) is 86.8 Å². The lowest BCUT2D eigenvalue weighted by Gasteiger charge is -2.23. The van der Waals surface area contributed by atoms with Crippen molar-refractivity contribution in [2.75, 3.05) is 111 Å². The Morgan fingerprint density at radius 2 is 0.952 bits per heavy atom. The lowest BCUT2D eigenvalue weighted by molar-refractivity contribution is 0.319. The maximum Gasteiger partial charge on any atom is 0.234 e. The Bertz CT molecular complexity index is 3930. The molecule has 6 aromatic carbocycles. The zero-order valence-corrected chi connectivity index (χ0v) is 48.7. The highest BCUT2D eigenvalue weighted by Crippen LogP contribution is 2.37. The molecular formula is C61H64Cl2N16O5.